The molecule has 0 saturated heterocycles. The number of halogens is 4. The average Bonchev–Trinajstić information content (AvgIpc) is 3.01. The summed E-state index contributed by atoms with van der Waals surface area (Å²) >= 11 is 5.86. The summed E-state index contributed by atoms with van der Waals surface area (Å²) in [6.45, 7) is 4.57. The third kappa shape index (κ3) is 8.61. The number of anilines is 1. The fourth-order valence-corrected chi connectivity index (χ4v) is 7.24. The van der Waals surface area contributed by atoms with Gasteiger partial charge in [-0.1, -0.05) is 85.3 Å². The molecule has 0 heterocycles. The molecule has 3 aromatic carbocycles. The van der Waals surface area contributed by atoms with Gasteiger partial charge < -0.3 is 10.2 Å². The second kappa shape index (κ2) is 14.9. The van der Waals surface area contributed by atoms with Crippen molar-refractivity contribution in [1.29, 1.82) is 0 Å². The third-order valence-corrected chi connectivity index (χ3v) is 10.4. The summed E-state index contributed by atoms with van der Waals surface area (Å²) in [6.07, 6.45) is 0.0801. The summed E-state index contributed by atoms with van der Waals surface area (Å²) in [4.78, 5) is 29.0. The molecular weight excluding hydrogens is 639 g/mol. The first-order valence-corrected chi connectivity index (χ1v) is 17.1. The van der Waals surface area contributed by atoms with Crippen molar-refractivity contribution in [1.82, 2.24) is 10.2 Å². The Morgan fingerprint density at radius 1 is 0.935 bits per heavy atom. The number of aryl methyl sites for hydroxylation is 2. The summed E-state index contributed by atoms with van der Waals surface area (Å²) in [5.74, 6) is -1.10. The Balaban J connectivity index is 1.77. The standard InChI is InChI=1S/C34H39ClF3N3O4S/c1-4-31(33(43)39-26-8-6-5-7-9-26)40(21-25-14-10-23(2)11-15-25)32(42)22-41(46(44,45)28-17-12-24(3)13-18-28)27-16-19-30(35)29(20-27)34(36,37)38/h10-20,26,31H,4-9,21-22H2,1-3H3,(H,39,43)/t31-/m1/s1. The largest absolute Gasteiger partial charge is 0.417 e. The van der Waals surface area contributed by atoms with Crippen molar-refractivity contribution in [2.75, 3.05) is 10.8 Å². The van der Waals surface area contributed by atoms with Gasteiger partial charge in [-0.25, -0.2) is 8.42 Å². The minimum atomic E-state index is -4.88. The lowest BCUT2D eigenvalue weighted by Gasteiger charge is -2.34. The van der Waals surface area contributed by atoms with E-state index in [-0.39, 0.29) is 35.5 Å². The average molecular weight is 678 g/mol. The van der Waals surface area contributed by atoms with Crippen molar-refractivity contribution in [3.05, 3.63) is 94.0 Å². The number of rotatable bonds is 11. The molecule has 1 saturated carbocycles. The normalized spacial score (nSPS) is 14.8. The number of hydrogen-bond acceptors (Lipinski definition) is 4. The fraction of sp³-hybridized carbons (Fsp3) is 0.412. The second-order valence-corrected chi connectivity index (χ2v) is 14.0. The molecule has 1 aliphatic carbocycles. The maximum Gasteiger partial charge on any atom is 0.417 e. The summed E-state index contributed by atoms with van der Waals surface area (Å²) in [6, 6.07) is 14.9. The van der Waals surface area contributed by atoms with Gasteiger partial charge in [0.25, 0.3) is 10.0 Å². The van der Waals surface area contributed by atoms with Crippen molar-refractivity contribution < 1.29 is 31.2 Å². The predicted molar refractivity (Wildman–Crippen MR) is 173 cm³/mol. The maximum atomic E-state index is 14.3. The van der Waals surface area contributed by atoms with Crippen LogP contribution in [0.4, 0.5) is 18.9 Å². The van der Waals surface area contributed by atoms with E-state index in [1.165, 1.54) is 17.0 Å². The lowest BCUT2D eigenvalue weighted by atomic mass is 9.95. The molecular formula is C34H39ClF3N3O4S. The topological polar surface area (TPSA) is 86.8 Å². The smallest absolute Gasteiger partial charge is 0.352 e. The van der Waals surface area contributed by atoms with Crippen LogP contribution in [0.25, 0.3) is 0 Å². The fourth-order valence-electron chi connectivity index (χ4n) is 5.61. The molecule has 1 aliphatic rings. The highest BCUT2D eigenvalue weighted by Crippen LogP contribution is 2.38. The number of sulfonamides is 1. The molecule has 0 aromatic heterocycles. The molecule has 3 aromatic rings. The van der Waals surface area contributed by atoms with E-state index >= 15 is 0 Å². The molecule has 1 atom stereocenters. The van der Waals surface area contributed by atoms with Crippen LogP contribution in [0.3, 0.4) is 0 Å². The van der Waals surface area contributed by atoms with Gasteiger partial charge in [0.2, 0.25) is 11.8 Å². The third-order valence-electron chi connectivity index (χ3n) is 8.24. The van der Waals surface area contributed by atoms with Gasteiger partial charge in [0.15, 0.2) is 0 Å². The zero-order valence-corrected chi connectivity index (χ0v) is 27.7. The Labute approximate surface area is 273 Å². The van der Waals surface area contributed by atoms with Gasteiger partial charge in [-0.3, -0.25) is 13.9 Å². The van der Waals surface area contributed by atoms with Crippen LogP contribution in [0.5, 0.6) is 0 Å². The quantitative estimate of drug-likeness (QED) is 0.229. The van der Waals surface area contributed by atoms with Crippen LogP contribution in [0.15, 0.2) is 71.6 Å². The highest BCUT2D eigenvalue weighted by Gasteiger charge is 2.37. The molecule has 2 amide bonds. The molecule has 46 heavy (non-hydrogen) atoms. The number of nitrogens with one attached hydrogen (secondary N) is 1. The van der Waals surface area contributed by atoms with E-state index in [0.29, 0.717) is 15.9 Å². The van der Waals surface area contributed by atoms with Crippen molar-refractivity contribution in [2.45, 2.75) is 89.0 Å². The molecule has 0 radical (unpaired) electrons. The highest BCUT2D eigenvalue weighted by atomic mass is 35.5. The first kappa shape index (κ1) is 35.3. The van der Waals surface area contributed by atoms with Crippen LogP contribution < -0.4 is 9.62 Å². The highest BCUT2D eigenvalue weighted by molar-refractivity contribution is 7.92. The maximum absolute atomic E-state index is 14.3. The molecule has 1 fully saturated rings. The molecule has 0 aliphatic heterocycles. The van der Waals surface area contributed by atoms with E-state index in [0.717, 1.165) is 55.4 Å². The molecule has 1 N–H and O–H groups in total. The number of amides is 2. The lowest BCUT2D eigenvalue weighted by Crippen LogP contribution is -2.54. The van der Waals surface area contributed by atoms with Gasteiger partial charge in [0, 0.05) is 12.6 Å². The Kier molecular flexibility index (Phi) is 11.4. The molecule has 0 spiro atoms. The lowest BCUT2D eigenvalue weighted by molar-refractivity contribution is -0.140. The van der Waals surface area contributed by atoms with Gasteiger partial charge in [-0.2, -0.15) is 13.2 Å². The van der Waals surface area contributed by atoms with Crippen molar-refractivity contribution in [2.24, 2.45) is 0 Å². The first-order valence-electron chi connectivity index (χ1n) is 15.3. The van der Waals surface area contributed by atoms with Gasteiger partial charge >= 0.3 is 6.18 Å². The van der Waals surface area contributed by atoms with E-state index in [9.17, 15) is 31.2 Å². The molecule has 0 bridgehead atoms. The number of alkyl halides is 3. The van der Waals surface area contributed by atoms with E-state index in [2.05, 4.69) is 5.32 Å². The number of nitrogens with zero attached hydrogens (tertiary/aromatic N) is 2. The molecule has 4 rings (SSSR count). The van der Waals surface area contributed by atoms with Gasteiger partial charge in [-0.15, -0.1) is 0 Å². The van der Waals surface area contributed by atoms with Crippen molar-refractivity contribution in [3.8, 4) is 0 Å². The van der Waals surface area contributed by atoms with Crippen LogP contribution in [-0.4, -0.2) is 43.8 Å². The minimum Gasteiger partial charge on any atom is -0.352 e. The monoisotopic (exact) mass is 677 g/mol. The Morgan fingerprint density at radius 2 is 1.52 bits per heavy atom. The van der Waals surface area contributed by atoms with E-state index in [4.69, 9.17) is 11.6 Å². The van der Waals surface area contributed by atoms with E-state index in [1.54, 1.807) is 26.0 Å². The minimum absolute atomic E-state index is 0.0114. The van der Waals surface area contributed by atoms with Crippen LogP contribution in [0.2, 0.25) is 5.02 Å². The SMILES string of the molecule is CC[C@H](C(=O)NC1CCCCC1)N(Cc1ccc(C)cc1)C(=O)CN(c1ccc(Cl)c(C(F)(F)F)c1)S(=O)(=O)c1ccc(C)cc1. The van der Waals surface area contributed by atoms with Gasteiger partial charge in [-0.05, 0) is 69.0 Å². The number of hydrogen-bond donors (Lipinski definition) is 1. The van der Waals surface area contributed by atoms with Gasteiger partial charge in [0.05, 0.1) is 21.2 Å². The van der Waals surface area contributed by atoms with Crippen molar-refractivity contribution >= 4 is 39.1 Å². The summed E-state index contributed by atoms with van der Waals surface area (Å²) in [7, 11) is -4.55. The van der Waals surface area contributed by atoms with E-state index < -0.39 is 45.3 Å². The zero-order valence-electron chi connectivity index (χ0n) is 26.1. The zero-order chi connectivity index (χ0) is 33.6. The van der Waals surface area contributed by atoms with Crippen LogP contribution in [0, 0.1) is 13.8 Å². The Bertz CT molecular complexity index is 1620. The Morgan fingerprint density at radius 3 is 2.09 bits per heavy atom. The molecule has 248 valence electrons. The van der Waals surface area contributed by atoms with Crippen molar-refractivity contribution in [3.63, 3.8) is 0 Å². The van der Waals surface area contributed by atoms with Crippen LogP contribution in [-0.2, 0) is 32.3 Å². The Hall–Kier alpha value is -3.57. The predicted octanol–water partition coefficient (Wildman–Crippen LogP) is 7.43. The summed E-state index contributed by atoms with van der Waals surface area (Å²) in [5, 5.41) is 2.46. The summed E-state index contributed by atoms with van der Waals surface area (Å²) < 4.78 is 70.4. The number of carbonyl (C=O) groups excluding carboxylic acids is 2. The number of benzene rings is 3. The molecule has 7 nitrogen and oxygen atoms in total. The first-order chi connectivity index (χ1) is 21.7. The van der Waals surface area contributed by atoms with Crippen LogP contribution in [0.1, 0.15) is 67.7 Å². The molecule has 0 unspecified atom stereocenters. The second-order valence-electron chi connectivity index (χ2n) is 11.8. The van der Waals surface area contributed by atoms with Crippen LogP contribution >= 0.6 is 11.6 Å². The summed E-state index contributed by atoms with van der Waals surface area (Å²) in [5.41, 5.74) is 0.842. The van der Waals surface area contributed by atoms with Gasteiger partial charge in [0.1, 0.15) is 12.6 Å². The number of carbonyl (C=O) groups is 2. The van der Waals surface area contributed by atoms with E-state index in [1.807, 2.05) is 31.2 Å². The molecule has 12 heteroatoms.